The van der Waals surface area contributed by atoms with Gasteiger partial charge in [0.25, 0.3) is 0 Å². The predicted octanol–water partition coefficient (Wildman–Crippen LogP) is 7.78. The van der Waals surface area contributed by atoms with Crippen LogP contribution in [0.5, 0.6) is 5.75 Å². The predicted molar refractivity (Wildman–Crippen MR) is 125 cm³/mol. The van der Waals surface area contributed by atoms with Crippen LogP contribution in [0.4, 0.5) is 0 Å². The van der Waals surface area contributed by atoms with E-state index < -0.39 is 0 Å². The second kappa shape index (κ2) is 8.55. The second-order valence-electron chi connectivity index (χ2n) is 7.83. The van der Waals surface area contributed by atoms with Gasteiger partial charge in [0.2, 0.25) is 0 Å². The van der Waals surface area contributed by atoms with Gasteiger partial charge in [-0.15, -0.1) is 0 Å². The molecule has 0 saturated heterocycles. The molecule has 152 valence electrons. The molecular weight excluding hydrogens is 344 g/mol. The fourth-order valence-corrected chi connectivity index (χ4v) is 3.75. The highest BCUT2D eigenvalue weighted by Crippen LogP contribution is 2.32. The summed E-state index contributed by atoms with van der Waals surface area (Å²) in [5, 5.41) is 2.65. The molecule has 4 aromatic rings. The molecule has 1 unspecified atom stereocenters. The van der Waals surface area contributed by atoms with E-state index >= 15 is 0 Å². The number of fused-ring (bicyclic) bond motifs is 2. The van der Waals surface area contributed by atoms with E-state index in [4.69, 9.17) is 4.74 Å². The summed E-state index contributed by atoms with van der Waals surface area (Å²) in [5.74, 6) is 2.10. The minimum Gasteiger partial charge on any atom is -0.495 e. The number of rotatable bonds is 4. The van der Waals surface area contributed by atoms with Gasteiger partial charge in [-0.2, -0.15) is 0 Å². The number of methoxy groups -OCH3 is 1. The van der Waals surface area contributed by atoms with Crippen molar-refractivity contribution >= 4 is 21.8 Å². The normalized spacial score (nSPS) is 12.2. The average molecular weight is 381 g/mol. The lowest BCUT2D eigenvalue weighted by atomic mass is 9.98. The van der Waals surface area contributed by atoms with Crippen molar-refractivity contribution in [1.29, 1.82) is 0 Å². The van der Waals surface area contributed by atoms with Crippen LogP contribution in [0.3, 0.4) is 0 Å². The Bertz CT molecular complexity index is 1070. The van der Waals surface area contributed by atoms with Gasteiger partial charge in [0.15, 0.2) is 0 Å². The summed E-state index contributed by atoms with van der Waals surface area (Å²) in [6, 6.07) is 12.6. The lowest BCUT2D eigenvalue weighted by molar-refractivity contribution is 0.419. The van der Waals surface area contributed by atoms with Crippen LogP contribution in [0, 0.1) is 6.92 Å². The Hall–Kier alpha value is -2.68. The number of para-hydroxylation sites is 2. The number of aryl methyl sites for hydroxylation is 1. The van der Waals surface area contributed by atoms with Crippen molar-refractivity contribution in [3.63, 3.8) is 0 Å². The molecule has 28 heavy (non-hydrogen) atoms. The van der Waals surface area contributed by atoms with Gasteiger partial charge in [-0.25, -0.2) is 0 Å². The second-order valence-corrected chi connectivity index (χ2v) is 7.83. The van der Waals surface area contributed by atoms with Crippen molar-refractivity contribution in [3.05, 3.63) is 65.5 Å². The summed E-state index contributed by atoms with van der Waals surface area (Å²) in [4.78, 5) is 6.64. The summed E-state index contributed by atoms with van der Waals surface area (Å²) in [6.45, 7) is 11.1. The minimum absolute atomic E-state index is 0. The quantitative estimate of drug-likeness (QED) is 0.373. The molecule has 4 rings (SSSR count). The Balaban J connectivity index is 0.000000284. The molecule has 2 aromatic carbocycles. The monoisotopic (exact) mass is 380 g/mol. The largest absolute Gasteiger partial charge is 0.495 e. The third-order valence-electron chi connectivity index (χ3n) is 5.65. The van der Waals surface area contributed by atoms with E-state index in [1.165, 1.54) is 33.0 Å². The van der Waals surface area contributed by atoms with Crippen LogP contribution in [0.2, 0.25) is 0 Å². The lowest BCUT2D eigenvalue weighted by Crippen LogP contribution is -1.89. The molecule has 0 aliphatic heterocycles. The maximum Gasteiger partial charge on any atom is 0.142 e. The van der Waals surface area contributed by atoms with Crippen LogP contribution in [0.1, 0.15) is 65.5 Å². The van der Waals surface area contributed by atoms with Crippen LogP contribution in [-0.4, -0.2) is 17.1 Å². The van der Waals surface area contributed by atoms with Crippen LogP contribution in [0.25, 0.3) is 21.8 Å². The number of nitrogens with one attached hydrogen (secondary N) is 2. The molecule has 0 saturated carbocycles. The number of H-pyrrole nitrogens is 2. The van der Waals surface area contributed by atoms with Crippen molar-refractivity contribution in [1.82, 2.24) is 9.97 Å². The standard InChI is InChI=1S/C13H17NO.C12H15N.2H2/c1-4-9(2)11-8-14-13-10(11)6-5-7-12(13)15-3;1-8(2)11-7-13-12-9(3)5-4-6-10(11)12;;/h5-9,14H,4H2,1-3H3;4-8,13H,1-3H3;2*1H. The molecule has 0 bridgehead atoms. The SMILES string of the molecule is CCC(C)c1c[nH]c2c(OC)cccc12.Cc1cccc2c(C(C)C)c[nH]c12.[HH].[HH]. The van der Waals surface area contributed by atoms with Gasteiger partial charge < -0.3 is 14.7 Å². The number of hydrogen-bond donors (Lipinski definition) is 2. The summed E-state index contributed by atoms with van der Waals surface area (Å²) in [5.41, 5.74) is 6.51. The topological polar surface area (TPSA) is 40.8 Å². The first kappa shape index (κ1) is 20.1. The van der Waals surface area contributed by atoms with Gasteiger partial charge in [-0.1, -0.05) is 58.0 Å². The zero-order chi connectivity index (χ0) is 20.3. The molecule has 2 heterocycles. The van der Waals surface area contributed by atoms with Gasteiger partial charge >= 0.3 is 0 Å². The highest BCUT2D eigenvalue weighted by atomic mass is 16.5. The molecule has 3 nitrogen and oxygen atoms in total. The summed E-state index contributed by atoms with van der Waals surface area (Å²) < 4.78 is 5.32. The summed E-state index contributed by atoms with van der Waals surface area (Å²) >= 11 is 0. The number of hydrogen-bond acceptors (Lipinski definition) is 1. The summed E-state index contributed by atoms with van der Waals surface area (Å²) in [6.07, 6.45) is 5.38. The smallest absolute Gasteiger partial charge is 0.142 e. The maximum absolute atomic E-state index is 5.32. The first-order chi connectivity index (χ1) is 13.5. The van der Waals surface area contributed by atoms with Crippen molar-refractivity contribution < 1.29 is 7.59 Å². The fraction of sp³-hybridized carbons (Fsp3) is 0.360. The molecule has 0 aliphatic rings. The molecule has 0 radical (unpaired) electrons. The van der Waals surface area contributed by atoms with E-state index in [-0.39, 0.29) is 2.85 Å². The third kappa shape index (κ3) is 3.80. The van der Waals surface area contributed by atoms with Gasteiger partial charge in [-0.05, 0) is 47.9 Å². The molecule has 0 amide bonds. The zero-order valence-corrected chi connectivity index (χ0v) is 17.9. The molecule has 3 heteroatoms. The van der Waals surface area contributed by atoms with E-state index in [1.54, 1.807) is 7.11 Å². The van der Waals surface area contributed by atoms with Crippen molar-refractivity contribution in [3.8, 4) is 5.75 Å². The Kier molecular flexibility index (Phi) is 6.13. The molecule has 0 fully saturated rings. The number of benzene rings is 2. The molecule has 0 aliphatic carbocycles. The molecule has 2 aromatic heterocycles. The first-order valence-electron chi connectivity index (χ1n) is 10.2. The van der Waals surface area contributed by atoms with Gasteiger partial charge in [-0.3, -0.25) is 0 Å². The van der Waals surface area contributed by atoms with Crippen LogP contribution >= 0.6 is 0 Å². The highest BCUT2D eigenvalue weighted by molar-refractivity contribution is 5.89. The van der Waals surface area contributed by atoms with Crippen molar-refractivity contribution in [2.75, 3.05) is 7.11 Å². The van der Waals surface area contributed by atoms with E-state index in [9.17, 15) is 0 Å². The van der Waals surface area contributed by atoms with Crippen LogP contribution in [0.15, 0.2) is 48.8 Å². The van der Waals surface area contributed by atoms with E-state index in [2.05, 4.69) is 81.2 Å². The number of ether oxygens (including phenoxy) is 1. The molecule has 1 atom stereocenters. The number of aromatic nitrogens is 2. The molecule has 2 N–H and O–H groups in total. The van der Waals surface area contributed by atoms with E-state index in [0.717, 1.165) is 17.7 Å². The van der Waals surface area contributed by atoms with Gasteiger partial charge in [0.05, 0.1) is 12.6 Å². The molecule has 0 spiro atoms. The Morgan fingerprint density at radius 2 is 1.50 bits per heavy atom. The van der Waals surface area contributed by atoms with Crippen LogP contribution in [-0.2, 0) is 0 Å². The highest BCUT2D eigenvalue weighted by Gasteiger charge is 2.11. The summed E-state index contributed by atoms with van der Waals surface area (Å²) in [7, 11) is 1.71. The Labute approximate surface area is 171 Å². The zero-order valence-electron chi connectivity index (χ0n) is 17.9. The minimum atomic E-state index is 0. The lowest BCUT2D eigenvalue weighted by Gasteiger charge is -2.07. The Morgan fingerprint density at radius 3 is 2.14 bits per heavy atom. The maximum atomic E-state index is 5.32. The third-order valence-corrected chi connectivity index (χ3v) is 5.65. The molecular formula is C25H36N2O. The van der Waals surface area contributed by atoms with Crippen molar-refractivity contribution in [2.45, 2.75) is 52.9 Å². The first-order valence-corrected chi connectivity index (χ1v) is 10.2. The fourth-order valence-electron chi connectivity index (χ4n) is 3.75. The van der Waals surface area contributed by atoms with Gasteiger partial charge in [0.1, 0.15) is 5.75 Å². The van der Waals surface area contributed by atoms with E-state index in [0.29, 0.717) is 11.8 Å². The van der Waals surface area contributed by atoms with Crippen LogP contribution < -0.4 is 4.74 Å². The Morgan fingerprint density at radius 1 is 0.893 bits per heavy atom. The van der Waals surface area contributed by atoms with E-state index in [1.807, 2.05) is 12.1 Å². The average Bonchev–Trinajstić information content (AvgIpc) is 3.33. The van der Waals surface area contributed by atoms with Crippen molar-refractivity contribution in [2.24, 2.45) is 0 Å². The number of aromatic amines is 2. The van der Waals surface area contributed by atoms with Gasteiger partial charge in [0, 0.05) is 31.5 Å².